The summed E-state index contributed by atoms with van der Waals surface area (Å²) in [5, 5.41) is 11.1. The molecule has 0 saturated carbocycles. The normalized spacial score (nSPS) is 12.6. The number of nitrogens with one attached hydrogen (secondary N) is 1. The molecule has 21 heavy (non-hydrogen) atoms. The van der Waals surface area contributed by atoms with Crippen LogP contribution >= 0.6 is 0 Å². The standard InChI is InChI=1S/C13H14F3NO4/c1-21-12(20)10(7-18)17-11(19)6-8-3-2-4-9(5-8)13(14,15)16/h2-5,10,18H,6-7H2,1H3,(H,17,19). The minimum atomic E-state index is -4.49. The van der Waals surface area contributed by atoms with Crippen LogP contribution in [0.3, 0.4) is 0 Å². The zero-order chi connectivity index (χ0) is 16.0. The van der Waals surface area contributed by atoms with Crippen molar-refractivity contribution in [2.75, 3.05) is 13.7 Å². The second-order valence-corrected chi connectivity index (χ2v) is 4.20. The highest BCUT2D eigenvalue weighted by molar-refractivity contribution is 5.85. The van der Waals surface area contributed by atoms with Crippen molar-refractivity contribution in [1.82, 2.24) is 5.32 Å². The third-order valence-corrected chi connectivity index (χ3v) is 2.62. The number of hydrogen-bond acceptors (Lipinski definition) is 4. The van der Waals surface area contributed by atoms with E-state index in [1.165, 1.54) is 12.1 Å². The molecule has 1 aromatic carbocycles. The van der Waals surface area contributed by atoms with Crippen LogP contribution in [-0.2, 0) is 26.9 Å². The molecule has 1 aromatic rings. The number of methoxy groups -OCH3 is 1. The Kier molecular flexibility index (Phi) is 5.71. The third-order valence-electron chi connectivity index (χ3n) is 2.62. The zero-order valence-corrected chi connectivity index (χ0v) is 11.1. The lowest BCUT2D eigenvalue weighted by Gasteiger charge is -2.14. The Morgan fingerprint density at radius 2 is 2.05 bits per heavy atom. The number of benzene rings is 1. The molecule has 0 aliphatic heterocycles. The molecule has 0 heterocycles. The van der Waals surface area contributed by atoms with Gasteiger partial charge < -0.3 is 15.2 Å². The monoisotopic (exact) mass is 305 g/mol. The van der Waals surface area contributed by atoms with Crippen molar-refractivity contribution in [3.05, 3.63) is 35.4 Å². The topological polar surface area (TPSA) is 75.6 Å². The van der Waals surface area contributed by atoms with E-state index < -0.39 is 36.3 Å². The molecule has 0 spiro atoms. The van der Waals surface area contributed by atoms with Crippen LogP contribution in [0.1, 0.15) is 11.1 Å². The second-order valence-electron chi connectivity index (χ2n) is 4.20. The predicted molar refractivity (Wildman–Crippen MR) is 66.2 cm³/mol. The van der Waals surface area contributed by atoms with Crippen molar-refractivity contribution in [2.45, 2.75) is 18.6 Å². The SMILES string of the molecule is COC(=O)C(CO)NC(=O)Cc1cccc(C(F)(F)F)c1. The first-order chi connectivity index (χ1) is 9.77. The summed E-state index contributed by atoms with van der Waals surface area (Å²) in [5.41, 5.74) is -0.719. The lowest BCUT2D eigenvalue weighted by molar-refractivity contribution is -0.146. The summed E-state index contributed by atoms with van der Waals surface area (Å²) < 4.78 is 41.9. The number of ether oxygens (including phenoxy) is 1. The Bertz CT molecular complexity index is 516. The highest BCUT2D eigenvalue weighted by Crippen LogP contribution is 2.29. The molecule has 8 heteroatoms. The maximum absolute atomic E-state index is 12.5. The number of halogens is 3. The van der Waals surface area contributed by atoms with E-state index in [1.807, 2.05) is 0 Å². The van der Waals surface area contributed by atoms with Crippen LogP contribution in [-0.4, -0.2) is 36.7 Å². The summed E-state index contributed by atoms with van der Waals surface area (Å²) in [6, 6.07) is 3.06. The van der Waals surface area contributed by atoms with Gasteiger partial charge in [0.15, 0.2) is 6.04 Å². The summed E-state index contributed by atoms with van der Waals surface area (Å²) in [4.78, 5) is 22.8. The summed E-state index contributed by atoms with van der Waals surface area (Å²) in [6.45, 7) is -0.666. The lowest BCUT2D eigenvalue weighted by Crippen LogP contribution is -2.44. The Morgan fingerprint density at radius 3 is 2.57 bits per heavy atom. The summed E-state index contributed by atoms with van der Waals surface area (Å²) in [6.07, 6.45) is -4.84. The van der Waals surface area contributed by atoms with Crippen LogP contribution in [0.5, 0.6) is 0 Å². The fourth-order valence-corrected chi connectivity index (χ4v) is 1.61. The van der Waals surface area contributed by atoms with Crippen molar-refractivity contribution in [2.24, 2.45) is 0 Å². The van der Waals surface area contributed by atoms with Crippen LogP contribution in [0.2, 0.25) is 0 Å². The van der Waals surface area contributed by atoms with Crippen molar-refractivity contribution >= 4 is 11.9 Å². The van der Waals surface area contributed by atoms with Gasteiger partial charge in [-0.05, 0) is 11.6 Å². The van der Waals surface area contributed by atoms with Crippen LogP contribution in [0.25, 0.3) is 0 Å². The Hall–Kier alpha value is -2.09. The van der Waals surface area contributed by atoms with Gasteiger partial charge in [-0.1, -0.05) is 18.2 Å². The van der Waals surface area contributed by atoms with E-state index in [1.54, 1.807) is 0 Å². The maximum Gasteiger partial charge on any atom is 0.416 e. The number of carbonyl (C=O) groups is 2. The molecule has 2 N–H and O–H groups in total. The molecule has 0 fully saturated rings. The van der Waals surface area contributed by atoms with Gasteiger partial charge in [-0.15, -0.1) is 0 Å². The fourth-order valence-electron chi connectivity index (χ4n) is 1.61. The molecule has 5 nitrogen and oxygen atoms in total. The van der Waals surface area contributed by atoms with E-state index in [2.05, 4.69) is 10.1 Å². The Balaban J connectivity index is 2.73. The van der Waals surface area contributed by atoms with E-state index in [0.29, 0.717) is 0 Å². The summed E-state index contributed by atoms with van der Waals surface area (Å²) in [5.74, 6) is -1.53. The molecule has 0 aromatic heterocycles. The number of hydrogen-bond donors (Lipinski definition) is 2. The largest absolute Gasteiger partial charge is 0.467 e. The first-order valence-electron chi connectivity index (χ1n) is 5.92. The molecular weight excluding hydrogens is 291 g/mol. The van der Waals surface area contributed by atoms with Crippen molar-refractivity contribution in [3.8, 4) is 0 Å². The van der Waals surface area contributed by atoms with Crippen LogP contribution in [0, 0.1) is 0 Å². The van der Waals surface area contributed by atoms with Gasteiger partial charge in [0.25, 0.3) is 0 Å². The highest BCUT2D eigenvalue weighted by atomic mass is 19.4. The van der Waals surface area contributed by atoms with Crippen molar-refractivity contribution in [1.29, 1.82) is 0 Å². The molecule has 1 rings (SSSR count). The van der Waals surface area contributed by atoms with E-state index in [9.17, 15) is 22.8 Å². The van der Waals surface area contributed by atoms with Gasteiger partial charge in [0.05, 0.1) is 25.7 Å². The average molecular weight is 305 g/mol. The fraction of sp³-hybridized carbons (Fsp3) is 0.385. The van der Waals surface area contributed by atoms with Crippen LogP contribution in [0.15, 0.2) is 24.3 Å². The zero-order valence-electron chi connectivity index (χ0n) is 11.1. The average Bonchev–Trinajstić information content (AvgIpc) is 2.43. The molecule has 0 aliphatic rings. The summed E-state index contributed by atoms with van der Waals surface area (Å²) in [7, 11) is 1.09. The minimum absolute atomic E-state index is 0.142. The predicted octanol–water partition coefficient (Wildman–Crippen LogP) is 0.898. The summed E-state index contributed by atoms with van der Waals surface area (Å²) >= 11 is 0. The molecule has 0 aliphatic carbocycles. The smallest absolute Gasteiger partial charge is 0.416 e. The maximum atomic E-state index is 12.5. The highest BCUT2D eigenvalue weighted by Gasteiger charge is 2.30. The van der Waals surface area contributed by atoms with E-state index in [4.69, 9.17) is 5.11 Å². The lowest BCUT2D eigenvalue weighted by atomic mass is 10.1. The van der Waals surface area contributed by atoms with Gasteiger partial charge in [0.2, 0.25) is 5.91 Å². The molecule has 1 amide bonds. The van der Waals surface area contributed by atoms with Gasteiger partial charge >= 0.3 is 12.1 Å². The van der Waals surface area contributed by atoms with E-state index in [0.717, 1.165) is 19.2 Å². The minimum Gasteiger partial charge on any atom is -0.467 e. The van der Waals surface area contributed by atoms with Crippen molar-refractivity contribution < 1.29 is 32.6 Å². The van der Waals surface area contributed by atoms with Gasteiger partial charge in [-0.25, -0.2) is 4.79 Å². The number of aliphatic hydroxyl groups excluding tert-OH is 1. The van der Waals surface area contributed by atoms with Gasteiger partial charge in [0, 0.05) is 0 Å². The Morgan fingerprint density at radius 1 is 1.38 bits per heavy atom. The molecule has 1 atom stereocenters. The van der Waals surface area contributed by atoms with Gasteiger partial charge in [0.1, 0.15) is 0 Å². The second kappa shape index (κ2) is 7.07. The van der Waals surface area contributed by atoms with E-state index >= 15 is 0 Å². The number of esters is 1. The first-order valence-corrected chi connectivity index (χ1v) is 5.92. The number of alkyl halides is 3. The molecular formula is C13H14F3NO4. The molecule has 0 saturated heterocycles. The number of amides is 1. The third kappa shape index (κ3) is 5.07. The van der Waals surface area contributed by atoms with Crippen LogP contribution < -0.4 is 5.32 Å². The van der Waals surface area contributed by atoms with Gasteiger partial charge in [-0.3, -0.25) is 4.79 Å². The number of carbonyl (C=O) groups excluding carboxylic acids is 2. The molecule has 0 radical (unpaired) electrons. The van der Waals surface area contributed by atoms with Crippen LogP contribution in [0.4, 0.5) is 13.2 Å². The molecule has 116 valence electrons. The quantitative estimate of drug-likeness (QED) is 0.793. The molecule has 1 unspecified atom stereocenters. The van der Waals surface area contributed by atoms with Gasteiger partial charge in [-0.2, -0.15) is 13.2 Å². The number of aliphatic hydroxyl groups is 1. The first kappa shape index (κ1) is 17.0. The number of rotatable bonds is 5. The Labute approximate surface area is 118 Å². The molecule has 0 bridgehead atoms. The van der Waals surface area contributed by atoms with Crippen molar-refractivity contribution in [3.63, 3.8) is 0 Å². The van der Waals surface area contributed by atoms with E-state index in [-0.39, 0.29) is 12.0 Å².